The zero-order valence-electron chi connectivity index (χ0n) is 18.4. The van der Waals surface area contributed by atoms with Gasteiger partial charge in [0.2, 0.25) is 0 Å². The van der Waals surface area contributed by atoms with E-state index in [0.717, 1.165) is 45.2 Å². The molecule has 0 atom stereocenters. The molecule has 0 unspecified atom stereocenters. The molecule has 6 heteroatoms. The van der Waals surface area contributed by atoms with Crippen LogP contribution in [0.3, 0.4) is 0 Å². The van der Waals surface area contributed by atoms with E-state index in [9.17, 15) is 0 Å². The number of nitrogens with one attached hydrogen (secondary N) is 2. The Morgan fingerprint density at radius 1 is 1.18 bits per heavy atom. The van der Waals surface area contributed by atoms with Crippen LogP contribution in [0.2, 0.25) is 0 Å². The summed E-state index contributed by atoms with van der Waals surface area (Å²) in [5.41, 5.74) is 1.58. The summed E-state index contributed by atoms with van der Waals surface area (Å²) < 4.78 is 0. The van der Waals surface area contributed by atoms with Gasteiger partial charge in [0.05, 0.1) is 0 Å². The molecular formula is C22H40IN5. The van der Waals surface area contributed by atoms with Crippen LogP contribution in [0.4, 0.5) is 0 Å². The molecule has 2 N–H and O–H groups in total. The van der Waals surface area contributed by atoms with Gasteiger partial charge in [0.25, 0.3) is 0 Å². The second kappa shape index (κ2) is 12.6. The predicted molar refractivity (Wildman–Crippen MR) is 132 cm³/mol. The molecule has 28 heavy (non-hydrogen) atoms. The van der Waals surface area contributed by atoms with Crippen LogP contribution in [0, 0.1) is 5.41 Å². The highest BCUT2D eigenvalue weighted by molar-refractivity contribution is 14.0. The normalized spacial score (nSPS) is 16.7. The van der Waals surface area contributed by atoms with Crippen molar-refractivity contribution in [2.24, 2.45) is 10.4 Å². The number of piperidine rings is 1. The Kier molecular flexibility index (Phi) is 11.4. The second-order valence-electron chi connectivity index (χ2n) is 8.78. The average molecular weight is 502 g/mol. The van der Waals surface area contributed by atoms with Gasteiger partial charge >= 0.3 is 0 Å². The van der Waals surface area contributed by atoms with E-state index in [4.69, 9.17) is 4.99 Å². The minimum Gasteiger partial charge on any atom is -0.357 e. The van der Waals surface area contributed by atoms with Crippen LogP contribution in [0.5, 0.6) is 0 Å². The van der Waals surface area contributed by atoms with Gasteiger partial charge in [0.15, 0.2) is 5.96 Å². The maximum Gasteiger partial charge on any atom is 0.191 e. The summed E-state index contributed by atoms with van der Waals surface area (Å²) in [6.07, 6.45) is 2.33. The number of aliphatic imine (C=N–C) groups is 1. The Morgan fingerprint density at radius 3 is 2.39 bits per heavy atom. The van der Waals surface area contributed by atoms with Crippen molar-refractivity contribution in [3.8, 4) is 0 Å². The Morgan fingerprint density at radius 2 is 1.82 bits per heavy atom. The number of nitrogens with zero attached hydrogens (tertiary/aromatic N) is 3. The average Bonchev–Trinajstić information content (AvgIpc) is 2.61. The Hall–Kier alpha value is -0.860. The Bertz CT molecular complexity index is 566. The van der Waals surface area contributed by atoms with Gasteiger partial charge < -0.3 is 15.5 Å². The molecular weight excluding hydrogens is 461 g/mol. The van der Waals surface area contributed by atoms with Gasteiger partial charge in [-0.05, 0) is 44.8 Å². The van der Waals surface area contributed by atoms with E-state index in [1.807, 2.05) is 0 Å². The summed E-state index contributed by atoms with van der Waals surface area (Å²) in [5, 5.41) is 7.08. The molecule has 0 aliphatic carbocycles. The molecule has 0 amide bonds. The quantitative estimate of drug-likeness (QED) is 0.326. The van der Waals surface area contributed by atoms with Crippen LogP contribution in [0.25, 0.3) is 0 Å². The molecule has 1 heterocycles. The molecule has 0 radical (unpaired) electrons. The summed E-state index contributed by atoms with van der Waals surface area (Å²) >= 11 is 0. The van der Waals surface area contributed by atoms with E-state index in [1.54, 1.807) is 0 Å². The van der Waals surface area contributed by atoms with Gasteiger partial charge in [-0.1, -0.05) is 44.2 Å². The standard InChI is InChI=1S/C22H39N5.HI/c1-6-23-21(24-17-22(2,3)18-26(4)5)25-20-12-14-27(15-13-20)16-19-10-8-7-9-11-19;/h7-11,20H,6,12-18H2,1-5H3,(H2,23,24,25);1H. The van der Waals surface area contributed by atoms with Crippen molar-refractivity contribution in [3.63, 3.8) is 0 Å². The van der Waals surface area contributed by atoms with Crippen molar-refractivity contribution in [1.29, 1.82) is 0 Å². The maximum atomic E-state index is 4.87. The highest BCUT2D eigenvalue weighted by Crippen LogP contribution is 2.17. The number of halogens is 1. The minimum absolute atomic E-state index is 0. The maximum absolute atomic E-state index is 4.87. The summed E-state index contributed by atoms with van der Waals surface area (Å²) in [7, 11) is 4.25. The number of likely N-dealkylation sites (tertiary alicyclic amines) is 1. The molecule has 5 nitrogen and oxygen atoms in total. The van der Waals surface area contributed by atoms with Crippen molar-refractivity contribution >= 4 is 29.9 Å². The van der Waals surface area contributed by atoms with E-state index >= 15 is 0 Å². The number of hydrogen-bond donors (Lipinski definition) is 2. The van der Waals surface area contributed by atoms with E-state index in [0.29, 0.717) is 6.04 Å². The highest BCUT2D eigenvalue weighted by atomic mass is 127. The molecule has 1 aromatic carbocycles. The zero-order chi connectivity index (χ0) is 19.7. The molecule has 1 aliphatic rings. The van der Waals surface area contributed by atoms with Crippen molar-refractivity contribution < 1.29 is 0 Å². The summed E-state index contributed by atoms with van der Waals surface area (Å²) in [6, 6.07) is 11.3. The molecule has 160 valence electrons. The van der Waals surface area contributed by atoms with Crippen molar-refractivity contribution in [1.82, 2.24) is 20.4 Å². The molecule has 1 aromatic rings. The lowest BCUT2D eigenvalue weighted by atomic mass is 9.93. The van der Waals surface area contributed by atoms with Crippen LogP contribution in [-0.4, -0.2) is 68.6 Å². The smallest absolute Gasteiger partial charge is 0.191 e. The van der Waals surface area contributed by atoms with Crippen molar-refractivity contribution in [3.05, 3.63) is 35.9 Å². The lowest BCUT2D eigenvalue weighted by Crippen LogP contribution is -2.48. The summed E-state index contributed by atoms with van der Waals surface area (Å²) in [4.78, 5) is 9.66. The van der Waals surface area contributed by atoms with Gasteiger partial charge in [-0.15, -0.1) is 24.0 Å². The molecule has 1 saturated heterocycles. The third kappa shape index (κ3) is 9.56. The molecule has 0 aromatic heterocycles. The largest absolute Gasteiger partial charge is 0.357 e. The predicted octanol–water partition coefficient (Wildman–Crippen LogP) is 3.41. The van der Waals surface area contributed by atoms with Crippen LogP contribution >= 0.6 is 24.0 Å². The lowest BCUT2D eigenvalue weighted by molar-refractivity contribution is 0.198. The number of hydrogen-bond acceptors (Lipinski definition) is 3. The number of benzene rings is 1. The fourth-order valence-corrected chi connectivity index (χ4v) is 3.79. The molecule has 0 saturated carbocycles. The van der Waals surface area contributed by atoms with Gasteiger partial charge in [-0.25, -0.2) is 0 Å². The van der Waals surface area contributed by atoms with E-state index in [-0.39, 0.29) is 29.4 Å². The molecule has 1 aliphatic heterocycles. The topological polar surface area (TPSA) is 42.9 Å². The number of guanidine groups is 1. The molecule has 2 rings (SSSR count). The van der Waals surface area contributed by atoms with Crippen LogP contribution < -0.4 is 10.6 Å². The SMILES string of the molecule is CCNC(=NCC(C)(C)CN(C)C)NC1CCN(Cc2ccccc2)CC1.I. The summed E-state index contributed by atoms with van der Waals surface area (Å²) in [5.74, 6) is 0.964. The summed E-state index contributed by atoms with van der Waals surface area (Å²) in [6.45, 7) is 12.8. The van der Waals surface area contributed by atoms with E-state index in [1.165, 1.54) is 18.4 Å². The Labute approximate surface area is 189 Å². The monoisotopic (exact) mass is 501 g/mol. The fraction of sp³-hybridized carbons (Fsp3) is 0.682. The van der Waals surface area contributed by atoms with Gasteiger partial charge in [-0.3, -0.25) is 9.89 Å². The molecule has 0 spiro atoms. The third-order valence-corrected chi connectivity index (χ3v) is 4.93. The highest BCUT2D eigenvalue weighted by Gasteiger charge is 2.22. The zero-order valence-corrected chi connectivity index (χ0v) is 20.7. The van der Waals surface area contributed by atoms with Gasteiger partial charge in [0.1, 0.15) is 0 Å². The van der Waals surface area contributed by atoms with Crippen LogP contribution in [0.15, 0.2) is 35.3 Å². The number of rotatable bonds is 8. The minimum atomic E-state index is 0. The first-order valence-electron chi connectivity index (χ1n) is 10.3. The van der Waals surface area contributed by atoms with E-state index < -0.39 is 0 Å². The third-order valence-electron chi connectivity index (χ3n) is 4.93. The van der Waals surface area contributed by atoms with Gasteiger partial charge in [-0.2, -0.15) is 0 Å². The van der Waals surface area contributed by atoms with Gasteiger partial charge in [0, 0.05) is 45.3 Å². The second-order valence-corrected chi connectivity index (χ2v) is 8.78. The Balaban J connectivity index is 0.00000392. The first-order valence-corrected chi connectivity index (χ1v) is 10.3. The lowest BCUT2D eigenvalue weighted by Gasteiger charge is -2.33. The van der Waals surface area contributed by atoms with Crippen molar-refractivity contribution in [2.75, 3.05) is 46.8 Å². The molecule has 0 bridgehead atoms. The van der Waals surface area contributed by atoms with Crippen LogP contribution in [0.1, 0.15) is 39.2 Å². The van der Waals surface area contributed by atoms with Crippen molar-refractivity contribution in [2.45, 2.75) is 46.2 Å². The molecule has 1 fully saturated rings. The van der Waals surface area contributed by atoms with Crippen LogP contribution in [-0.2, 0) is 6.54 Å². The van der Waals surface area contributed by atoms with E-state index in [2.05, 4.69) is 85.6 Å². The first kappa shape index (κ1) is 25.2. The fourth-order valence-electron chi connectivity index (χ4n) is 3.79. The first-order chi connectivity index (χ1) is 12.9.